The highest BCUT2D eigenvalue weighted by Gasteiger charge is 2.36. The number of fused-ring (bicyclic) bond motifs is 1. The lowest BCUT2D eigenvalue weighted by atomic mass is 9.99. The summed E-state index contributed by atoms with van der Waals surface area (Å²) in [7, 11) is 0. The highest BCUT2D eigenvalue weighted by atomic mass is 16.2. The van der Waals surface area contributed by atoms with Crippen molar-refractivity contribution < 1.29 is 4.79 Å². The van der Waals surface area contributed by atoms with Gasteiger partial charge in [0.1, 0.15) is 0 Å². The van der Waals surface area contributed by atoms with Crippen LogP contribution >= 0.6 is 0 Å². The molecule has 2 unspecified atom stereocenters. The number of pyridine rings is 1. The summed E-state index contributed by atoms with van der Waals surface area (Å²) < 4.78 is 0. The summed E-state index contributed by atoms with van der Waals surface area (Å²) in [5.74, 6) is 0. The maximum absolute atomic E-state index is 12.0. The highest BCUT2D eigenvalue weighted by molar-refractivity contribution is 5.89. The number of aromatic nitrogens is 1. The molecule has 3 rings (SSSR count). The van der Waals surface area contributed by atoms with Crippen LogP contribution in [-0.4, -0.2) is 41.1 Å². The van der Waals surface area contributed by atoms with Gasteiger partial charge in [-0.3, -0.25) is 9.88 Å². The van der Waals surface area contributed by atoms with Crippen LogP contribution in [0.5, 0.6) is 0 Å². The van der Waals surface area contributed by atoms with E-state index in [0.717, 1.165) is 18.7 Å². The number of hydrogen-bond acceptors (Lipinski definition) is 3. The molecule has 1 aromatic heterocycles. The van der Waals surface area contributed by atoms with E-state index in [1.54, 1.807) is 12.4 Å². The Morgan fingerprint density at radius 2 is 2.26 bits per heavy atom. The van der Waals surface area contributed by atoms with E-state index in [2.05, 4.69) is 20.5 Å². The van der Waals surface area contributed by atoms with E-state index < -0.39 is 0 Å². The number of carbonyl (C=O) groups is 1. The molecule has 1 aromatic rings. The number of anilines is 1. The summed E-state index contributed by atoms with van der Waals surface area (Å²) in [6, 6.07) is 4.36. The standard InChI is InChI=1S/C14H20N4O/c19-14(16-11-4-3-7-15-10-11)17-12-6-9-18-8-2-1-5-13(12)18/h3-4,7,10,12-13H,1-2,5-6,8-9H2,(H2,16,17,19). The van der Waals surface area contributed by atoms with E-state index >= 15 is 0 Å². The van der Waals surface area contributed by atoms with E-state index in [1.165, 1.54) is 25.8 Å². The predicted octanol–water partition coefficient (Wildman–Crippen LogP) is 1.83. The molecule has 102 valence electrons. The number of rotatable bonds is 2. The lowest BCUT2D eigenvalue weighted by Crippen LogP contribution is -2.47. The first-order chi connectivity index (χ1) is 9.33. The molecule has 2 aliphatic rings. The summed E-state index contributed by atoms with van der Waals surface area (Å²) in [5.41, 5.74) is 0.735. The van der Waals surface area contributed by atoms with Crippen LogP contribution in [0.3, 0.4) is 0 Å². The molecule has 3 heterocycles. The maximum atomic E-state index is 12.0. The molecule has 5 nitrogen and oxygen atoms in total. The Labute approximate surface area is 113 Å². The first-order valence-electron chi connectivity index (χ1n) is 7.04. The molecule has 19 heavy (non-hydrogen) atoms. The molecule has 2 saturated heterocycles. The molecule has 0 bridgehead atoms. The van der Waals surface area contributed by atoms with Crippen molar-refractivity contribution in [3.63, 3.8) is 0 Å². The summed E-state index contributed by atoms with van der Waals surface area (Å²) in [4.78, 5) is 18.5. The molecule has 2 amide bonds. The zero-order valence-corrected chi connectivity index (χ0v) is 11.0. The summed E-state index contributed by atoms with van der Waals surface area (Å²) in [6.07, 6.45) is 8.19. The third kappa shape index (κ3) is 2.87. The van der Waals surface area contributed by atoms with Gasteiger partial charge in [0.05, 0.1) is 11.9 Å². The Hall–Kier alpha value is -1.62. The van der Waals surface area contributed by atoms with Crippen LogP contribution in [0.25, 0.3) is 0 Å². The van der Waals surface area contributed by atoms with Gasteiger partial charge in [-0.15, -0.1) is 0 Å². The number of nitrogens with zero attached hydrogens (tertiary/aromatic N) is 2. The van der Waals surface area contributed by atoms with Crippen LogP contribution < -0.4 is 10.6 Å². The molecular weight excluding hydrogens is 240 g/mol. The van der Waals surface area contributed by atoms with Crippen LogP contribution in [0, 0.1) is 0 Å². The second-order valence-electron chi connectivity index (χ2n) is 5.33. The third-order valence-electron chi connectivity index (χ3n) is 4.09. The van der Waals surface area contributed by atoms with Gasteiger partial charge in [0, 0.05) is 24.8 Å². The number of urea groups is 1. The van der Waals surface area contributed by atoms with Gasteiger partial charge in [0.25, 0.3) is 0 Å². The minimum atomic E-state index is -0.120. The van der Waals surface area contributed by atoms with Gasteiger partial charge in [-0.1, -0.05) is 6.42 Å². The first-order valence-corrected chi connectivity index (χ1v) is 7.04. The van der Waals surface area contributed by atoms with Crippen LogP contribution in [0.1, 0.15) is 25.7 Å². The van der Waals surface area contributed by atoms with Gasteiger partial charge in [-0.2, -0.15) is 0 Å². The number of amides is 2. The molecule has 2 N–H and O–H groups in total. The zero-order valence-electron chi connectivity index (χ0n) is 11.0. The molecule has 0 saturated carbocycles. The lowest BCUT2D eigenvalue weighted by Gasteiger charge is -2.32. The molecule has 2 fully saturated rings. The topological polar surface area (TPSA) is 57.3 Å². The van der Waals surface area contributed by atoms with Crippen molar-refractivity contribution in [3.05, 3.63) is 24.5 Å². The van der Waals surface area contributed by atoms with Crippen LogP contribution in [0.15, 0.2) is 24.5 Å². The quantitative estimate of drug-likeness (QED) is 0.853. The normalized spacial score (nSPS) is 26.7. The smallest absolute Gasteiger partial charge is 0.319 e. The SMILES string of the molecule is O=C(Nc1cccnc1)NC1CCN2CCCCC12. The largest absolute Gasteiger partial charge is 0.334 e. The summed E-state index contributed by atoms with van der Waals surface area (Å²) in [6.45, 7) is 2.30. The van der Waals surface area contributed by atoms with Crippen molar-refractivity contribution in [1.82, 2.24) is 15.2 Å². The van der Waals surface area contributed by atoms with Crippen molar-refractivity contribution in [2.45, 2.75) is 37.8 Å². The Bertz CT molecular complexity index is 436. The van der Waals surface area contributed by atoms with Gasteiger partial charge >= 0.3 is 6.03 Å². The maximum Gasteiger partial charge on any atom is 0.319 e. The molecule has 0 radical (unpaired) electrons. The molecule has 2 aliphatic heterocycles. The van der Waals surface area contributed by atoms with E-state index in [1.807, 2.05) is 12.1 Å². The van der Waals surface area contributed by atoms with Gasteiger partial charge < -0.3 is 10.6 Å². The summed E-state index contributed by atoms with van der Waals surface area (Å²) in [5, 5.41) is 5.94. The zero-order chi connectivity index (χ0) is 13.1. The Morgan fingerprint density at radius 1 is 1.32 bits per heavy atom. The van der Waals surface area contributed by atoms with E-state index in [9.17, 15) is 4.79 Å². The Morgan fingerprint density at radius 3 is 3.11 bits per heavy atom. The number of carbonyl (C=O) groups excluding carboxylic acids is 1. The molecule has 5 heteroatoms. The fourth-order valence-corrected chi connectivity index (χ4v) is 3.19. The van der Waals surface area contributed by atoms with Gasteiger partial charge in [-0.05, 0) is 37.9 Å². The molecule has 0 spiro atoms. The van der Waals surface area contributed by atoms with Crippen molar-refractivity contribution in [2.75, 3.05) is 18.4 Å². The van der Waals surface area contributed by atoms with Crippen molar-refractivity contribution in [1.29, 1.82) is 0 Å². The monoisotopic (exact) mass is 260 g/mol. The van der Waals surface area contributed by atoms with Crippen LogP contribution in [0.4, 0.5) is 10.5 Å². The highest BCUT2D eigenvalue weighted by Crippen LogP contribution is 2.27. The number of piperidine rings is 1. The average molecular weight is 260 g/mol. The molecular formula is C14H20N4O. The minimum Gasteiger partial charge on any atom is -0.334 e. The van der Waals surface area contributed by atoms with Crippen molar-refractivity contribution in [3.8, 4) is 0 Å². The Balaban J connectivity index is 1.55. The second-order valence-corrected chi connectivity index (χ2v) is 5.33. The molecule has 2 atom stereocenters. The lowest BCUT2D eigenvalue weighted by molar-refractivity contribution is 0.180. The second kappa shape index (κ2) is 5.57. The van der Waals surface area contributed by atoms with E-state index in [4.69, 9.17) is 0 Å². The third-order valence-corrected chi connectivity index (χ3v) is 4.09. The average Bonchev–Trinajstić information content (AvgIpc) is 2.83. The van der Waals surface area contributed by atoms with Gasteiger partial charge in [0.15, 0.2) is 0 Å². The molecule has 0 aromatic carbocycles. The van der Waals surface area contributed by atoms with Crippen LogP contribution in [0.2, 0.25) is 0 Å². The summed E-state index contributed by atoms with van der Waals surface area (Å²) >= 11 is 0. The fraction of sp³-hybridized carbons (Fsp3) is 0.571. The number of hydrogen-bond donors (Lipinski definition) is 2. The minimum absolute atomic E-state index is 0.120. The van der Waals surface area contributed by atoms with Crippen molar-refractivity contribution >= 4 is 11.7 Å². The number of nitrogens with one attached hydrogen (secondary N) is 2. The van der Waals surface area contributed by atoms with Crippen molar-refractivity contribution in [2.24, 2.45) is 0 Å². The van der Waals surface area contributed by atoms with Gasteiger partial charge in [0.2, 0.25) is 0 Å². The van der Waals surface area contributed by atoms with Gasteiger partial charge in [-0.25, -0.2) is 4.79 Å². The van der Waals surface area contributed by atoms with E-state index in [0.29, 0.717) is 6.04 Å². The molecule has 0 aliphatic carbocycles. The Kier molecular flexibility index (Phi) is 3.64. The van der Waals surface area contributed by atoms with E-state index in [-0.39, 0.29) is 12.1 Å². The van der Waals surface area contributed by atoms with Crippen LogP contribution in [-0.2, 0) is 0 Å². The first kappa shape index (κ1) is 12.4. The fourth-order valence-electron chi connectivity index (χ4n) is 3.19. The predicted molar refractivity (Wildman–Crippen MR) is 74.0 cm³/mol.